The number of carbonyl (C=O) groups excluding carboxylic acids is 1. The van der Waals surface area contributed by atoms with E-state index >= 15 is 0 Å². The molecule has 1 aliphatic rings. The van der Waals surface area contributed by atoms with Gasteiger partial charge in [-0.25, -0.2) is 0 Å². The summed E-state index contributed by atoms with van der Waals surface area (Å²) < 4.78 is 0. The first-order valence-corrected chi connectivity index (χ1v) is 4.71. The lowest BCUT2D eigenvalue weighted by Crippen LogP contribution is -2.34. The highest BCUT2D eigenvalue weighted by atomic mass is 16.1. The molecular weight excluding hydrogens is 152 g/mol. The first-order valence-electron chi connectivity index (χ1n) is 4.71. The molecule has 1 aliphatic carbocycles. The Bertz CT molecular complexity index is 130. The Labute approximate surface area is 73.9 Å². The minimum Gasteiger partial charge on any atom is -0.303 e. The molecule has 1 fully saturated rings. The average molecular weight is 170 g/mol. The summed E-state index contributed by atoms with van der Waals surface area (Å²) in [6, 6.07) is 0. The van der Waals surface area contributed by atoms with Crippen molar-refractivity contribution in [2.75, 3.05) is 13.6 Å². The van der Waals surface area contributed by atoms with Gasteiger partial charge in [0.1, 0.15) is 6.29 Å². The second kappa shape index (κ2) is 5.27. The molecule has 0 saturated heterocycles. The third-order valence-corrected chi connectivity index (χ3v) is 2.65. The van der Waals surface area contributed by atoms with Crippen LogP contribution >= 0.6 is 0 Å². The lowest BCUT2D eigenvalue weighted by Gasteiger charge is -2.25. The van der Waals surface area contributed by atoms with Crippen molar-refractivity contribution in [3.63, 3.8) is 0 Å². The van der Waals surface area contributed by atoms with Crippen molar-refractivity contribution >= 4 is 6.29 Å². The summed E-state index contributed by atoms with van der Waals surface area (Å²) in [6.45, 7) is 1.03. The predicted molar refractivity (Wildman–Crippen MR) is 48.6 cm³/mol. The normalized spacial score (nSPS) is 30.1. The number of carbonyl (C=O) groups is 1. The average Bonchev–Trinajstić information content (AvgIpc) is 2.15. The van der Waals surface area contributed by atoms with Crippen LogP contribution < -0.4 is 10.9 Å². The van der Waals surface area contributed by atoms with Crippen LogP contribution in [0.25, 0.3) is 0 Å². The van der Waals surface area contributed by atoms with Gasteiger partial charge in [0.25, 0.3) is 0 Å². The summed E-state index contributed by atoms with van der Waals surface area (Å²) in [5.74, 6) is 1.10. The van der Waals surface area contributed by atoms with Gasteiger partial charge < -0.3 is 4.79 Å². The van der Waals surface area contributed by atoms with Gasteiger partial charge in [-0.2, -0.15) is 0 Å². The summed E-state index contributed by atoms with van der Waals surface area (Å²) in [7, 11) is 1.89. The minimum atomic E-state index is 0.343. The van der Waals surface area contributed by atoms with Crippen LogP contribution in [0, 0.1) is 11.8 Å². The molecule has 0 atom stereocenters. The van der Waals surface area contributed by atoms with E-state index in [0.29, 0.717) is 5.92 Å². The number of nitrogens with one attached hydrogen (secondary N) is 2. The van der Waals surface area contributed by atoms with E-state index in [-0.39, 0.29) is 0 Å². The van der Waals surface area contributed by atoms with E-state index in [1.165, 1.54) is 12.8 Å². The minimum absolute atomic E-state index is 0.343. The van der Waals surface area contributed by atoms with Crippen molar-refractivity contribution in [2.24, 2.45) is 11.8 Å². The SMILES string of the molecule is CNNCC1CCC(C=O)CC1. The lowest BCUT2D eigenvalue weighted by atomic mass is 9.83. The van der Waals surface area contributed by atoms with E-state index in [9.17, 15) is 4.79 Å². The summed E-state index contributed by atoms with van der Waals surface area (Å²) in [5.41, 5.74) is 6.03. The highest BCUT2D eigenvalue weighted by molar-refractivity contribution is 5.53. The van der Waals surface area contributed by atoms with Crippen molar-refractivity contribution in [1.29, 1.82) is 0 Å². The number of hydrazine groups is 1. The van der Waals surface area contributed by atoms with Crippen molar-refractivity contribution < 1.29 is 4.79 Å². The molecule has 2 N–H and O–H groups in total. The fourth-order valence-corrected chi connectivity index (χ4v) is 1.77. The zero-order valence-corrected chi connectivity index (χ0v) is 7.68. The molecule has 1 rings (SSSR count). The highest BCUT2D eigenvalue weighted by Crippen LogP contribution is 2.26. The van der Waals surface area contributed by atoms with Crippen LogP contribution in [0.2, 0.25) is 0 Å². The number of hydrogen-bond acceptors (Lipinski definition) is 3. The van der Waals surface area contributed by atoms with E-state index in [2.05, 4.69) is 10.9 Å². The second-order valence-corrected chi connectivity index (χ2v) is 3.55. The zero-order chi connectivity index (χ0) is 8.81. The zero-order valence-electron chi connectivity index (χ0n) is 7.68. The largest absolute Gasteiger partial charge is 0.303 e. The molecule has 0 spiro atoms. The molecule has 1 saturated carbocycles. The monoisotopic (exact) mass is 170 g/mol. The van der Waals surface area contributed by atoms with Crippen LogP contribution in [-0.4, -0.2) is 19.9 Å². The fraction of sp³-hybridized carbons (Fsp3) is 0.889. The van der Waals surface area contributed by atoms with Crippen LogP contribution in [-0.2, 0) is 4.79 Å². The quantitative estimate of drug-likeness (QED) is 0.482. The third kappa shape index (κ3) is 2.91. The summed E-state index contributed by atoms with van der Waals surface area (Å²) in [6.07, 6.45) is 5.66. The first-order chi connectivity index (χ1) is 5.86. The molecule has 0 aromatic rings. The smallest absolute Gasteiger partial charge is 0.123 e. The molecule has 3 nitrogen and oxygen atoms in total. The molecule has 0 amide bonds. The first kappa shape index (κ1) is 9.68. The Balaban J connectivity index is 2.12. The molecule has 0 aliphatic heterocycles. The molecule has 70 valence electrons. The van der Waals surface area contributed by atoms with Gasteiger partial charge in [-0.3, -0.25) is 10.9 Å². The van der Waals surface area contributed by atoms with E-state index in [0.717, 1.165) is 31.6 Å². The highest BCUT2D eigenvalue weighted by Gasteiger charge is 2.19. The Morgan fingerprint density at radius 2 is 2.00 bits per heavy atom. The van der Waals surface area contributed by atoms with Crippen molar-refractivity contribution in [3.05, 3.63) is 0 Å². The Morgan fingerprint density at radius 3 is 2.50 bits per heavy atom. The Kier molecular flexibility index (Phi) is 4.25. The van der Waals surface area contributed by atoms with Gasteiger partial charge in [-0.1, -0.05) is 0 Å². The number of hydrogen-bond donors (Lipinski definition) is 2. The Morgan fingerprint density at radius 1 is 1.33 bits per heavy atom. The van der Waals surface area contributed by atoms with E-state index < -0.39 is 0 Å². The molecular formula is C9H18N2O. The van der Waals surface area contributed by atoms with E-state index in [1.54, 1.807) is 0 Å². The fourth-order valence-electron chi connectivity index (χ4n) is 1.77. The van der Waals surface area contributed by atoms with Gasteiger partial charge in [0.2, 0.25) is 0 Å². The van der Waals surface area contributed by atoms with Crippen LogP contribution in [0.4, 0.5) is 0 Å². The van der Waals surface area contributed by atoms with Crippen molar-refractivity contribution in [3.8, 4) is 0 Å². The molecule has 0 bridgehead atoms. The van der Waals surface area contributed by atoms with Crippen LogP contribution in [0.3, 0.4) is 0 Å². The van der Waals surface area contributed by atoms with Gasteiger partial charge in [0.05, 0.1) is 0 Å². The van der Waals surface area contributed by atoms with Crippen LogP contribution in [0.15, 0.2) is 0 Å². The maximum atomic E-state index is 10.5. The molecule has 0 unspecified atom stereocenters. The second-order valence-electron chi connectivity index (χ2n) is 3.55. The van der Waals surface area contributed by atoms with E-state index in [4.69, 9.17) is 0 Å². The number of rotatable bonds is 4. The summed E-state index contributed by atoms with van der Waals surface area (Å²) in [5, 5.41) is 0. The Hall–Kier alpha value is -0.410. The van der Waals surface area contributed by atoms with E-state index in [1.807, 2.05) is 7.05 Å². The molecule has 0 radical (unpaired) electrons. The molecule has 0 aromatic carbocycles. The van der Waals surface area contributed by atoms with Gasteiger partial charge in [0, 0.05) is 12.5 Å². The van der Waals surface area contributed by atoms with Crippen LogP contribution in [0.5, 0.6) is 0 Å². The van der Waals surface area contributed by atoms with Gasteiger partial charge in [-0.05, 0) is 38.6 Å². The van der Waals surface area contributed by atoms with Gasteiger partial charge in [0.15, 0.2) is 0 Å². The molecule has 0 aromatic heterocycles. The summed E-state index contributed by atoms with van der Waals surface area (Å²) in [4.78, 5) is 10.5. The third-order valence-electron chi connectivity index (χ3n) is 2.65. The molecule has 3 heteroatoms. The predicted octanol–water partition coefficient (Wildman–Crippen LogP) is 0.716. The lowest BCUT2D eigenvalue weighted by molar-refractivity contribution is -0.112. The topological polar surface area (TPSA) is 41.1 Å². The van der Waals surface area contributed by atoms with Crippen LogP contribution in [0.1, 0.15) is 25.7 Å². The maximum absolute atomic E-state index is 10.5. The number of aldehydes is 1. The molecule has 12 heavy (non-hydrogen) atoms. The van der Waals surface area contributed by atoms with Crippen molar-refractivity contribution in [1.82, 2.24) is 10.9 Å². The summed E-state index contributed by atoms with van der Waals surface area (Å²) >= 11 is 0. The van der Waals surface area contributed by atoms with Gasteiger partial charge in [-0.15, -0.1) is 0 Å². The molecule has 0 heterocycles. The van der Waals surface area contributed by atoms with Crippen molar-refractivity contribution in [2.45, 2.75) is 25.7 Å². The van der Waals surface area contributed by atoms with Gasteiger partial charge >= 0.3 is 0 Å². The standard InChI is InChI=1S/C9H18N2O/c1-10-11-6-8-2-4-9(7-12)5-3-8/h7-11H,2-6H2,1H3. The maximum Gasteiger partial charge on any atom is 0.123 e.